The van der Waals surface area contributed by atoms with Gasteiger partial charge < -0.3 is 20.1 Å². The van der Waals surface area contributed by atoms with E-state index < -0.39 is 0 Å². The molecular weight excluding hydrogens is 302 g/mol. The van der Waals surface area contributed by atoms with Crippen LogP contribution < -0.4 is 15.5 Å². The molecule has 0 amide bonds. The number of nitrogens with zero attached hydrogens (tertiary/aromatic N) is 3. The van der Waals surface area contributed by atoms with Crippen molar-refractivity contribution in [2.45, 2.75) is 32.4 Å². The third-order valence-electron chi connectivity index (χ3n) is 4.35. The summed E-state index contributed by atoms with van der Waals surface area (Å²) < 4.78 is 4.84. The lowest BCUT2D eigenvalue weighted by atomic mass is 10.1. The lowest BCUT2D eigenvalue weighted by Gasteiger charge is -2.22. The molecule has 2 aromatic rings. The summed E-state index contributed by atoms with van der Waals surface area (Å²) in [5.74, 6) is 0.747. The van der Waals surface area contributed by atoms with Gasteiger partial charge in [-0.15, -0.1) is 0 Å². The summed E-state index contributed by atoms with van der Waals surface area (Å²) in [6.07, 6.45) is 4.15. The van der Waals surface area contributed by atoms with Crippen LogP contribution in [0, 0.1) is 0 Å². The fourth-order valence-corrected chi connectivity index (χ4v) is 2.95. The van der Waals surface area contributed by atoms with Crippen molar-refractivity contribution >= 4 is 11.6 Å². The van der Waals surface area contributed by atoms with Crippen LogP contribution in [0.5, 0.6) is 0 Å². The zero-order valence-electron chi connectivity index (χ0n) is 14.3. The molecule has 3 rings (SSSR count). The molecule has 1 atom stereocenters. The Kier molecular flexibility index (Phi) is 5.36. The van der Waals surface area contributed by atoms with Gasteiger partial charge in [0.1, 0.15) is 12.0 Å². The molecule has 6 heteroatoms. The molecule has 0 saturated carbocycles. The fourth-order valence-electron chi connectivity index (χ4n) is 2.95. The molecule has 1 aliphatic rings. The van der Waals surface area contributed by atoms with E-state index in [1.54, 1.807) is 13.3 Å². The molecule has 128 valence electrons. The van der Waals surface area contributed by atoms with Crippen LogP contribution in [0.25, 0.3) is 0 Å². The molecular formula is C18H25N5O. The second kappa shape index (κ2) is 7.86. The number of benzene rings is 1. The van der Waals surface area contributed by atoms with Crippen molar-refractivity contribution < 1.29 is 4.52 Å². The van der Waals surface area contributed by atoms with Crippen molar-refractivity contribution in [3.05, 3.63) is 47.9 Å². The lowest BCUT2D eigenvalue weighted by molar-refractivity contribution is 0.410. The lowest BCUT2D eigenvalue weighted by Crippen LogP contribution is -2.38. The van der Waals surface area contributed by atoms with Crippen molar-refractivity contribution in [1.29, 1.82) is 0 Å². The molecule has 1 aromatic carbocycles. The van der Waals surface area contributed by atoms with Crippen LogP contribution in [0.3, 0.4) is 0 Å². The van der Waals surface area contributed by atoms with Crippen LogP contribution >= 0.6 is 0 Å². The Bertz CT molecular complexity index is 662. The van der Waals surface area contributed by atoms with Crippen LogP contribution in [-0.4, -0.2) is 31.3 Å². The van der Waals surface area contributed by atoms with Crippen molar-refractivity contribution in [3.63, 3.8) is 0 Å². The summed E-state index contributed by atoms with van der Waals surface area (Å²) in [5, 5.41) is 10.6. The number of hydrogen-bond donors (Lipinski definition) is 2. The van der Waals surface area contributed by atoms with E-state index in [4.69, 9.17) is 4.52 Å². The highest BCUT2D eigenvalue weighted by atomic mass is 16.5. The quantitative estimate of drug-likeness (QED) is 0.653. The van der Waals surface area contributed by atoms with Crippen molar-refractivity contribution in [2.24, 2.45) is 4.99 Å². The van der Waals surface area contributed by atoms with Gasteiger partial charge in [-0.3, -0.25) is 4.99 Å². The molecule has 0 spiro atoms. The Balaban J connectivity index is 1.60. The highest BCUT2D eigenvalue weighted by molar-refractivity contribution is 5.80. The van der Waals surface area contributed by atoms with Gasteiger partial charge in [0.15, 0.2) is 5.96 Å². The average molecular weight is 327 g/mol. The summed E-state index contributed by atoms with van der Waals surface area (Å²) >= 11 is 0. The molecule has 0 bridgehead atoms. The van der Waals surface area contributed by atoms with E-state index in [0.29, 0.717) is 6.54 Å². The monoisotopic (exact) mass is 327 g/mol. The Morgan fingerprint density at radius 1 is 1.33 bits per heavy atom. The van der Waals surface area contributed by atoms with Gasteiger partial charge in [0.2, 0.25) is 0 Å². The first-order valence-corrected chi connectivity index (χ1v) is 8.47. The number of nitrogens with one attached hydrogen (secondary N) is 2. The van der Waals surface area contributed by atoms with Gasteiger partial charge in [-0.2, -0.15) is 0 Å². The number of hydrogen-bond acceptors (Lipinski definition) is 4. The summed E-state index contributed by atoms with van der Waals surface area (Å²) in [4.78, 5) is 6.73. The van der Waals surface area contributed by atoms with E-state index in [1.165, 1.54) is 24.1 Å². The van der Waals surface area contributed by atoms with Gasteiger partial charge in [-0.05, 0) is 37.5 Å². The summed E-state index contributed by atoms with van der Waals surface area (Å²) in [7, 11) is 1.77. The molecule has 2 heterocycles. The van der Waals surface area contributed by atoms with Gasteiger partial charge in [-0.1, -0.05) is 17.3 Å². The molecule has 6 nitrogen and oxygen atoms in total. The molecule has 1 unspecified atom stereocenters. The van der Waals surface area contributed by atoms with Crippen LogP contribution in [-0.2, 0) is 6.54 Å². The summed E-state index contributed by atoms with van der Waals surface area (Å²) in [6, 6.07) is 10.8. The minimum Gasteiger partial charge on any atom is -0.372 e. The van der Waals surface area contributed by atoms with Gasteiger partial charge in [0.25, 0.3) is 0 Å². The molecule has 1 fully saturated rings. The molecule has 1 saturated heterocycles. The van der Waals surface area contributed by atoms with Crippen LogP contribution in [0.1, 0.15) is 37.1 Å². The summed E-state index contributed by atoms with van der Waals surface area (Å²) in [5.41, 5.74) is 3.41. The largest absolute Gasteiger partial charge is 0.372 e. The third-order valence-corrected chi connectivity index (χ3v) is 4.35. The highest BCUT2D eigenvalue weighted by Gasteiger charge is 2.14. The third kappa shape index (κ3) is 4.07. The number of rotatable bonds is 5. The average Bonchev–Trinajstić information content (AvgIpc) is 3.32. The fraction of sp³-hybridized carbons (Fsp3) is 0.444. The Hall–Kier alpha value is -2.50. The van der Waals surface area contributed by atoms with E-state index in [2.05, 4.69) is 56.9 Å². The number of anilines is 1. The smallest absolute Gasteiger partial charge is 0.191 e. The Morgan fingerprint density at radius 3 is 2.88 bits per heavy atom. The molecule has 24 heavy (non-hydrogen) atoms. The second-order valence-electron chi connectivity index (χ2n) is 6.07. The van der Waals surface area contributed by atoms with E-state index in [9.17, 15) is 0 Å². The van der Waals surface area contributed by atoms with E-state index in [-0.39, 0.29) is 6.04 Å². The van der Waals surface area contributed by atoms with Crippen molar-refractivity contribution in [2.75, 3.05) is 25.0 Å². The number of guanidine groups is 1. The number of aromatic nitrogens is 1. The van der Waals surface area contributed by atoms with Gasteiger partial charge >= 0.3 is 0 Å². The van der Waals surface area contributed by atoms with Crippen LogP contribution in [0.4, 0.5) is 5.69 Å². The predicted octanol–water partition coefficient (Wildman–Crippen LogP) is 2.70. The SMILES string of the molecule is CN=C(NCc1ccon1)NC(C)c1cccc(N2CCCC2)c1. The molecule has 1 aliphatic heterocycles. The Labute approximate surface area is 142 Å². The Morgan fingerprint density at radius 2 is 2.17 bits per heavy atom. The van der Waals surface area contributed by atoms with Gasteiger partial charge in [0.05, 0.1) is 12.6 Å². The van der Waals surface area contributed by atoms with Gasteiger partial charge in [-0.25, -0.2) is 0 Å². The van der Waals surface area contributed by atoms with E-state index >= 15 is 0 Å². The minimum atomic E-state index is 0.163. The van der Waals surface area contributed by atoms with E-state index in [1.807, 2.05) is 6.07 Å². The highest BCUT2D eigenvalue weighted by Crippen LogP contribution is 2.23. The molecule has 0 aliphatic carbocycles. The first kappa shape index (κ1) is 16.4. The first-order valence-electron chi connectivity index (χ1n) is 8.47. The van der Waals surface area contributed by atoms with Crippen molar-refractivity contribution in [3.8, 4) is 0 Å². The molecule has 0 radical (unpaired) electrons. The maximum absolute atomic E-state index is 4.84. The van der Waals surface area contributed by atoms with Crippen LogP contribution in [0.2, 0.25) is 0 Å². The van der Waals surface area contributed by atoms with Gasteiger partial charge in [0, 0.05) is 31.9 Å². The maximum atomic E-state index is 4.84. The minimum absolute atomic E-state index is 0.163. The van der Waals surface area contributed by atoms with E-state index in [0.717, 1.165) is 24.7 Å². The topological polar surface area (TPSA) is 65.7 Å². The molecule has 1 aromatic heterocycles. The standard InChI is InChI=1S/C18H25N5O/c1-14(21-18(19-2)20-13-16-8-11-24-22-16)15-6-5-7-17(12-15)23-9-3-4-10-23/h5-8,11-12,14H,3-4,9-10,13H2,1-2H3,(H2,19,20,21). The zero-order valence-corrected chi connectivity index (χ0v) is 14.3. The first-order chi connectivity index (χ1) is 11.8. The zero-order chi connectivity index (χ0) is 16.8. The maximum Gasteiger partial charge on any atom is 0.191 e. The predicted molar refractivity (Wildman–Crippen MR) is 96.1 cm³/mol. The normalized spacial score (nSPS) is 16.2. The summed E-state index contributed by atoms with van der Waals surface area (Å²) in [6.45, 7) is 5.04. The second-order valence-corrected chi connectivity index (χ2v) is 6.07. The number of aliphatic imine (C=N–C) groups is 1. The van der Waals surface area contributed by atoms with Crippen LogP contribution in [0.15, 0.2) is 46.1 Å². The molecule has 2 N–H and O–H groups in total. The van der Waals surface area contributed by atoms with Crippen molar-refractivity contribution in [1.82, 2.24) is 15.8 Å².